The minimum Gasteiger partial charge on any atom is -0.501 e. The number of benzene rings is 1. The van der Waals surface area contributed by atoms with E-state index in [0.717, 1.165) is 15.7 Å². The van der Waals surface area contributed by atoms with E-state index in [9.17, 15) is 24.4 Å². The molecule has 0 aliphatic carbocycles. The smallest absolute Gasteiger partial charge is 0.296 e. The fourth-order valence-corrected chi connectivity index (χ4v) is 2.88. The predicted molar refractivity (Wildman–Crippen MR) is 126 cm³/mol. The standard InChI is InChI=1S/C23H23ClN4O5/c1-13(7-5-6-8-14(2)21(30)27-33)20-26-18(19(29)23(32)28(20)4)22(31)25-12-16-9-10-17(24)15(3)11-16/h5-11,14,29H,1,12H2,2-4H3,(H,25,31)/b7-5-,8-6-. The lowest BCUT2D eigenvalue weighted by Gasteiger charge is -2.12. The number of carbonyl (C=O) groups excluding carboxylic acids is 2. The lowest BCUT2D eigenvalue weighted by molar-refractivity contribution is -0.119. The van der Waals surface area contributed by atoms with E-state index in [2.05, 4.69) is 22.1 Å². The van der Waals surface area contributed by atoms with Crippen molar-refractivity contribution in [1.29, 1.82) is 0 Å². The highest BCUT2D eigenvalue weighted by Crippen LogP contribution is 2.18. The summed E-state index contributed by atoms with van der Waals surface area (Å²) in [6.07, 6.45) is 6.00. The van der Waals surface area contributed by atoms with Gasteiger partial charge in [-0.15, -0.1) is 4.91 Å². The van der Waals surface area contributed by atoms with E-state index >= 15 is 0 Å². The Balaban J connectivity index is 2.23. The molecule has 0 fully saturated rings. The number of nitroso groups, excluding NO2 is 1. The van der Waals surface area contributed by atoms with E-state index in [1.54, 1.807) is 12.1 Å². The van der Waals surface area contributed by atoms with Crippen LogP contribution < -0.4 is 10.9 Å². The van der Waals surface area contributed by atoms with Gasteiger partial charge in [0.15, 0.2) is 5.69 Å². The fraction of sp³-hybridized carbons (Fsp3) is 0.217. The number of halogens is 1. The lowest BCUT2D eigenvalue weighted by Crippen LogP contribution is -2.30. The van der Waals surface area contributed by atoms with Crippen LogP contribution in [0.25, 0.3) is 5.57 Å². The topological polar surface area (TPSA) is 131 Å². The summed E-state index contributed by atoms with van der Waals surface area (Å²) in [4.78, 5) is 50.6. The van der Waals surface area contributed by atoms with Gasteiger partial charge in [-0.25, -0.2) is 4.98 Å². The van der Waals surface area contributed by atoms with E-state index in [1.807, 2.05) is 13.0 Å². The van der Waals surface area contributed by atoms with Crippen LogP contribution in [0.3, 0.4) is 0 Å². The van der Waals surface area contributed by atoms with Crippen LogP contribution >= 0.6 is 11.6 Å². The molecular formula is C23H23ClN4O5. The Morgan fingerprint density at radius 1 is 1.36 bits per heavy atom. The van der Waals surface area contributed by atoms with Crippen molar-refractivity contribution >= 4 is 29.0 Å². The first-order valence-electron chi connectivity index (χ1n) is 9.81. The molecule has 33 heavy (non-hydrogen) atoms. The number of hydrogen-bond donors (Lipinski definition) is 2. The molecule has 172 valence electrons. The van der Waals surface area contributed by atoms with Gasteiger partial charge in [-0.05, 0) is 31.0 Å². The third kappa shape index (κ3) is 6.33. The zero-order valence-electron chi connectivity index (χ0n) is 18.3. The molecule has 2 amide bonds. The summed E-state index contributed by atoms with van der Waals surface area (Å²) >= 11 is 6.00. The van der Waals surface area contributed by atoms with Crippen LogP contribution in [0, 0.1) is 17.7 Å². The first-order chi connectivity index (χ1) is 15.6. The molecule has 1 atom stereocenters. The summed E-state index contributed by atoms with van der Waals surface area (Å²) in [7, 11) is 1.38. The summed E-state index contributed by atoms with van der Waals surface area (Å²) in [5.41, 5.74) is 0.659. The number of hydrogen-bond acceptors (Lipinski definition) is 6. The van der Waals surface area contributed by atoms with Gasteiger partial charge in [0.25, 0.3) is 17.4 Å². The summed E-state index contributed by atoms with van der Waals surface area (Å²) in [5, 5.41) is 15.8. The minimum atomic E-state index is -0.811. The normalized spacial score (nSPS) is 12.1. The molecule has 2 aromatic rings. The average molecular weight is 471 g/mol. The molecule has 0 aliphatic rings. The van der Waals surface area contributed by atoms with Crippen LogP contribution in [0.2, 0.25) is 5.02 Å². The molecule has 0 spiro atoms. The number of nitrogens with one attached hydrogen (secondary N) is 1. The van der Waals surface area contributed by atoms with Crippen LogP contribution in [0.5, 0.6) is 5.75 Å². The van der Waals surface area contributed by atoms with Gasteiger partial charge in [0, 0.05) is 29.4 Å². The van der Waals surface area contributed by atoms with Gasteiger partial charge in [-0.1, -0.05) is 54.6 Å². The Hall–Kier alpha value is -3.85. The van der Waals surface area contributed by atoms with Crippen molar-refractivity contribution in [3.8, 4) is 5.75 Å². The van der Waals surface area contributed by atoms with Crippen LogP contribution in [-0.4, -0.2) is 26.5 Å². The number of aromatic nitrogens is 2. The number of aryl methyl sites for hydroxylation is 1. The number of carbonyl (C=O) groups is 2. The third-order valence-electron chi connectivity index (χ3n) is 4.73. The molecule has 2 N–H and O–H groups in total. The zero-order valence-corrected chi connectivity index (χ0v) is 19.1. The number of nitrogens with zero attached hydrogens (tertiary/aromatic N) is 3. The van der Waals surface area contributed by atoms with Crippen LogP contribution in [0.1, 0.15) is 34.4 Å². The monoisotopic (exact) mass is 470 g/mol. The Bertz CT molecular complexity index is 1230. The van der Waals surface area contributed by atoms with Crippen LogP contribution in [-0.2, 0) is 18.4 Å². The average Bonchev–Trinajstić information content (AvgIpc) is 2.80. The largest absolute Gasteiger partial charge is 0.501 e. The van der Waals surface area contributed by atoms with Crippen molar-refractivity contribution in [2.75, 3.05) is 0 Å². The molecule has 0 aliphatic heterocycles. The van der Waals surface area contributed by atoms with E-state index < -0.39 is 34.7 Å². The molecule has 10 heteroatoms. The Labute approximate surface area is 195 Å². The molecule has 2 rings (SSSR count). The first-order valence-corrected chi connectivity index (χ1v) is 10.2. The van der Waals surface area contributed by atoms with Gasteiger partial charge < -0.3 is 10.4 Å². The molecule has 1 unspecified atom stereocenters. The van der Waals surface area contributed by atoms with Crippen molar-refractivity contribution in [2.45, 2.75) is 20.4 Å². The van der Waals surface area contributed by atoms with Gasteiger partial charge in [0.05, 0.1) is 5.92 Å². The highest BCUT2D eigenvalue weighted by molar-refractivity contribution is 6.31. The molecular weight excluding hydrogens is 448 g/mol. The van der Waals surface area contributed by atoms with Gasteiger partial charge in [0.1, 0.15) is 5.82 Å². The van der Waals surface area contributed by atoms with E-state index in [4.69, 9.17) is 11.6 Å². The third-order valence-corrected chi connectivity index (χ3v) is 5.16. The summed E-state index contributed by atoms with van der Waals surface area (Å²) in [5.74, 6) is -2.93. The maximum absolute atomic E-state index is 12.6. The predicted octanol–water partition coefficient (Wildman–Crippen LogP) is 3.43. The number of allylic oxidation sites excluding steroid dienone is 4. The second-order valence-corrected chi connectivity index (χ2v) is 7.66. The molecule has 0 bridgehead atoms. The lowest BCUT2D eigenvalue weighted by atomic mass is 10.1. The SMILES string of the molecule is C=C(/C=C\C=C/C(C)C(=O)N=O)c1nc(C(=O)NCc2ccc(Cl)c(C)c2)c(O)c(=O)n1C. The van der Waals surface area contributed by atoms with Crippen molar-refractivity contribution in [1.82, 2.24) is 14.9 Å². The second-order valence-electron chi connectivity index (χ2n) is 7.25. The summed E-state index contributed by atoms with van der Waals surface area (Å²) < 4.78 is 1.06. The van der Waals surface area contributed by atoms with Crippen molar-refractivity contribution < 1.29 is 14.7 Å². The highest BCUT2D eigenvalue weighted by atomic mass is 35.5. The summed E-state index contributed by atoms with van der Waals surface area (Å²) in [6, 6.07) is 5.27. The van der Waals surface area contributed by atoms with Crippen LogP contribution in [0.15, 0.2) is 59.1 Å². The highest BCUT2D eigenvalue weighted by Gasteiger charge is 2.20. The molecule has 9 nitrogen and oxygen atoms in total. The Morgan fingerprint density at radius 3 is 2.70 bits per heavy atom. The maximum atomic E-state index is 12.6. The molecule has 0 saturated carbocycles. The number of amides is 2. The quantitative estimate of drug-likeness (QED) is 0.449. The van der Waals surface area contributed by atoms with Crippen molar-refractivity contribution in [3.63, 3.8) is 0 Å². The Morgan fingerprint density at radius 2 is 2.06 bits per heavy atom. The molecule has 0 radical (unpaired) electrons. The van der Waals surface area contributed by atoms with Gasteiger partial charge in [0.2, 0.25) is 5.75 Å². The van der Waals surface area contributed by atoms with Gasteiger partial charge >= 0.3 is 0 Å². The van der Waals surface area contributed by atoms with E-state index in [0.29, 0.717) is 5.02 Å². The van der Waals surface area contributed by atoms with Crippen LogP contribution in [0.4, 0.5) is 0 Å². The maximum Gasteiger partial charge on any atom is 0.296 e. The van der Waals surface area contributed by atoms with Gasteiger partial charge in [-0.3, -0.25) is 19.0 Å². The number of aromatic hydroxyl groups is 1. The number of rotatable bonds is 8. The van der Waals surface area contributed by atoms with E-state index in [1.165, 1.54) is 38.3 Å². The zero-order chi connectivity index (χ0) is 24.7. The molecule has 1 heterocycles. The summed E-state index contributed by atoms with van der Waals surface area (Å²) in [6.45, 7) is 7.32. The van der Waals surface area contributed by atoms with Crippen molar-refractivity contribution in [3.05, 3.63) is 92.0 Å². The first kappa shape index (κ1) is 25.4. The Kier molecular flexibility index (Phi) is 8.58. The molecule has 0 saturated heterocycles. The van der Waals surface area contributed by atoms with E-state index in [-0.39, 0.29) is 17.9 Å². The van der Waals surface area contributed by atoms with Gasteiger partial charge in [-0.2, -0.15) is 0 Å². The molecule has 1 aromatic carbocycles. The minimum absolute atomic E-state index is 0.0635. The van der Waals surface area contributed by atoms with Crippen molar-refractivity contribution in [2.24, 2.45) is 18.1 Å². The molecule has 1 aromatic heterocycles. The fourth-order valence-electron chi connectivity index (χ4n) is 2.76. The second kappa shape index (κ2) is 11.1.